The summed E-state index contributed by atoms with van der Waals surface area (Å²) in [5, 5.41) is 1.70. The van der Waals surface area contributed by atoms with Crippen LogP contribution in [0.2, 0.25) is 0 Å². The van der Waals surface area contributed by atoms with Gasteiger partial charge in [-0.1, -0.05) is 6.07 Å². The lowest BCUT2D eigenvalue weighted by molar-refractivity contribution is -0.0587. The van der Waals surface area contributed by atoms with Gasteiger partial charge in [0.1, 0.15) is 22.3 Å². The van der Waals surface area contributed by atoms with E-state index in [1.165, 1.54) is 23.6 Å². The number of carbonyl (C=O) groups excluding carboxylic acids is 1. The Bertz CT molecular complexity index is 704. The van der Waals surface area contributed by atoms with E-state index in [0.29, 0.717) is 13.1 Å². The topological polar surface area (TPSA) is 42.4 Å². The molecule has 0 N–H and O–H groups in total. The fraction of sp³-hybridized carbons (Fsp3) is 0.375. The Hall–Kier alpha value is -1.86. The van der Waals surface area contributed by atoms with Gasteiger partial charge < -0.3 is 9.64 Å². The molecule has 4 nitrogen and oxygen atoms in total. The van der Waals surface area contributed by atoms with Gasteiger partial charge in [-0.05, 0) is 26.0 Å². The first-order chi connectivity index (χ1) is 11.0. The summed E-state index contributed by atoms with van der Waals surface area (Å²) >= 11 is 1.06. The lowest BCUT2D eigenvalue weighted by atomic mass is 10.2. The Labute approximate surface area is 136 Å². The van der Waals surface area contributed by atoms with Crippen LogP contribution in [0.25, 0.3) is 10.6 Å². The quantitative estimate of drug-likeness (QED) is 0.843. The van der Waals surface area contributed by atoms with E-state index in [-0.39, 0.29) is 34.4 Å². The van der Waals surface area contributed by atoms with Crippen molar-refractivity contribution < 1.29 is 18.3 Å². The summed E-state index contributed by atoms with van der Waals surface area (Å²) in [5.74, 6) is -1.62. The predicted octanol–water partition coefficient (Wildman–Crippen LogP) is 3.34. The molecule has 1 saturated heterocycles. The van der Waals surface area contributed by atoms with Gasteiger partial charge >= 0.3 is 0 Å². The van der Waals surface area contributed by atoms with Gasteiger partial charge in [-0.25, -0.2) is 13.8 Å². The maximum atomic E-state index is 13.8. The molecule has 1 aliphatic heterocycles. The van der Waals surface area contributed by atoms with E-state index in [0.717, 1.165) is 11.3 Å². The number of ether oxygens (including phenoxy) is 1. The summed E-state index contributed by atoms with van der Waals surface area (Å²) in [7, 11) is 0. The molecule has 122 valence electrons. The summed E-state index contributed by atoms with van der Waals surface area (Å²) in [4.78, 5) is 18.3. The highest BCUT2D eigenvalue weighted by Crippen LogP contribution is 2.29. The Balaban J connectivity index is 1.86. The van der Waals surface area contributed by atoms with Gasteiger partial charge in [0.25, 0.3) is 5.91 Å². The molecular weight excluding hydrogens is 322 g/mol. The van der Waals surface area contributed by atoms with Crippen molar-refractivity contribution in [2.24, 2.45) is 0 Å². The van der Waals surface area contributed by atoms with Crippen LogP contribution in [0.5, 0.6) is 0 Å². The maximum Gasteiger partial charge on any atom is 0.273 e. The summed E-state index contributed by atoms with van der Waals surface area (Å²) in [6.07, 6.45) is -0.102. The second-order valence-electron chi connectivity index (χ2n) is 5.60. The van der Waals surface area contributed by atoms with E-state index in [2.05, 4.69) is 4.98 Å². The third-order valence-corrected chi connectivity index (χ3v) is 4.47. The van der Waals surface area contributed by atoms with Crippen LogP contribution < -0.4 is 0 Å². The van der Waals surface area contributed by atoms with Crippen LogP contribution in [0.3, 0.4) is 0 Å². The zero-order valence-electron chi connectivity index (χ0n) is 12.8. The molecule has 2 aromatic rings. The third-order valence-electron chi connectivity index (χ3n) is 3.61. The molecule has 23 heavy (non-hydrogen) atoms. The minimum Gasteiger partial charge on any atom is -0.372 e. The van der Waals surface area contributed by atoms with Gasteiger partial charge in [0.15, 0.2) is 0 Å². The van der Waals surface area contributed by atoms with E-state index in [1.54, 1.807) is 4.90 Å². The molecule has 2 atom stereocenters. The van der Waals surface area contributed by atoms with E-state index in [9.17, 15) is 13.6 Å². The zero-order valence-corrected chi connectivity index (χ0v) is 13.6. The number of morpholine rings is 1. The summed E-state index contributed by atoms with van der Waals surface area (Å²) < 4.78 is 33.2. The van der Waals surface area contributed by atoms with Gasteiger partial charge in [-0.2, -0.15) is 0 Å². The summed E-state index contributed by atoms with van der Waals surface area (Å²) in [6.45, 7) is 4.75. The first kappa shape index (κ1) is 16.0. The molecule has 0 bridgehead atoms. The molecular formula is C16H16F2N2O2S. The van der Waals surface area contributed by atoms with Crippen molar-refractivity contribution in [3.05, 3.63) is 40.9 Å². The smallest absolute Gasteiger partial charge is 0.273 e. The second kappa shape index (κ2) is 6.33. The van der Waals surface area contributed by atoms with Gasteiger partial charge in [-0.15, -0.1) is 11.3 Å². The molecule has 1 aliphatic rings. The normalized spacial score (nSPS) is 21.5. The van der Waals surface area contributed by atoms with Crippen LogP contribution in [0, 0.1) is 11.6 Å². The SMILES string of the molecule is C[C@@H]1CN(C(=O)c2csc(-c3c(F)cccc3F)n2)C[C@H](C)O1. The number of nitrogens with zero attached hydrogens (tertiary/aromatic N) is 2. The highest BCUT2D eigenvalue weighted by Gasteiger charge is 2.28. The average Bonchev–Trinajstić information content (AvgIpc) is 2.94. The van der Waals surface area contributed by atoms with Crippen LogP contribution in [0.4, 0.5) is 8.78 Å². The van der Waals surface area contributed by atoms with Gasteiger partial charge in [0, 0.05) is 18.5 Å². The number of hydrogen-bond donors (Lipinski definition) is 0. The molecule has 0 spiro atoms. The van der Waals surface area contributed by atoms with Crippen molar-refractivity contribution in [1.82, 2.24) is 9.88 Å². The molecule has 0 aliphatic carbocycles. The first-order valence-corrected chi connectivity index (χ1v) is 8.18. The first-order valence-electron chi connectivity index (χ1n) is 7.30. The second-order valence-corrected chi connectivity index (χ2v) is 6.46. The summed E-state index contributed by atoms with van der Waals surface area (Å²) in [5.41, 5.74) is 0.00853. The van der Waals surface area contributed by atoms with Gasteiger partial charge in [-0.3, -0.25) is 4.79 Å². The Morgan fingerprint density at radius 2 is 1.87 bits per heavy atom. The van der Waals surface area contributed by atoms with E-state index >= 15 is 0 Å². The predicted molar refractivity (Wildman–Crippen MR) is 83.4 cm³/mol. The third kappa shape index (κ3) is 3.25. The molecule has 1 aromatic heterocycles. The number of aromatic nitrogens is 1. The number of amides is 1. The number of rotatable bonds is 2. The van der Waals surface area contributed by atoms with Crippen molar-refractivity contribution in [3.8, 4) is 10.6 Å². The lowest BCUT2D eigenvalue weighted by Gasteiger charge is -2.34. The van der Waals surface area contributed by atoms with Crippen LogP contribution in [0.15, 0.2) is 23.6 Å². The minimum atomic E-state index is -0.688. The van der Waals surface area contributed by atoms with E-state index in [4.69, 9.17) is 4.74 Å². The van der Waals surface area contributed by atoms with Crippen LogP contribution in [0.1, 0.15) is 24.3 Å². The van der Waals surface area contributed by atoms with Crippen molar-refractivity contribution in [3.63, 3.8) is 0 Å². The number of thiazole rings is 1. The molecule has 3 rings (SSSR count). The van der Waals surface area contributed by atoms with Crippen LogP contribution >= 0.6 is 11.3 Å². The van der Waals surface area contributed by atoms with Crippen molar-refractivity contribution in [2.45, 2.75) is 26.1 Å². The van der Waals surface area contributed by atoms with Crippen molar-refractivity contribution in [1.29, 1.82) is 0 Å². The molecule has 0 unspecified atom stereocenters. The lowest BCUT2D eigenvalue weighted by Crippen LogP contribution is -2.48. The van der Waals surface area contributed by atoms with Crippen LogP contribution in [-0.4, -0.2) is 41.1 Å². The molecule has 0 radical (unpaired) electrons. The Kier molecular flexibility index (Phi) is 4.41. The average molecular weight is 338 g/mol. The molecule has 1 aromatic carbocycles. The fourth-order valence-corrected chi connectivity index (χ4v) is 3.54. The van der Waals surface area contributed by atoms with Crippen molar-refractivity contribution >= 4 is 17.2 Å². The molecule has 0 saturated carbocycles. The van der Waals surface area contributed by atoms with Crippen LogP contribution in [-0.2, 0) is 4.74 Å². The number of carbonyl (C=O) groups is 1. The molecule has 1 amide bonds. The highest BCUT2D eigenvalue weighted by atomic mass is 32.1. The number of benzene rings is 1. The molecule has 1 fully saturated rings. The number of hydrogen-bond acceptors (Lipinski definition) is 4. The standard InChI is InChI=1S/C16H16F2N2O2S/c1-9-6-20(7-10(2)22-9)16(21)13-8-23-15(19-13)14-11(17)4-3-5-12(14)18/h3-5,8-10H,6-7H2,1-2H3/t9-,10+. The van der Waals surface area contributed by atoms with E-state index in [1.807, 2.05) is 13.8 Å². The van der Waals surface area contributed by atoms with E-state index < -0.39 is 11.6 Å². The summed E-state index contributed by atoms with van der Waals surface area (Å²) in [6, 6.07) is 3.64. The van der Waals surface area contributed by atoms with Gasteiger partial charge in [0.05, 0.1) is 17.8 Å². The fourth-order valence-electron chi connectivity index (χ4n) is 2.69. The monoisotopic (exact) mass is 338 g/mol. The minimum absolute atomic E-state index is 0.0511. The molecule has 7 heteroatoms. The Morgan fingerprint density at radius 3 is 2.48 bits per heavy atom. The largest absolute Gasteiger partial charge is 0.372 e. The Morgan fingerprint density at radius 1 is 1.26 bits per heavy atom. The highest BCUT2D eigenvalue weighted by molar-refractivity contribution is 7.13. The molecule has 2 heterocycles. The van der Waals surface area contributed by atoms with Gasteiger partial charge in [0.2, 0.25) is 0 Å². The number of halogens is 2. The maximum absolute atomic E-state index is 13.8. The zero-order chi connectivity index (χ0) is 16.6. The van der Waals surface area contributed by atoms with Crippen molar-refractivity contribution in [2.75, 3.05) is 13.1 Å².